The van der Waals surface area contributed by atoms with Crippen LogP contribution in [0.5, 0.6) is 11.5 Å². The van der Waals surface area contributed by atoms with Gasteiger partial charge in [-0.15, -0.1) is 0 Å². The second-order valence-electron chi connectivity index (χ2n) is 5.28. The first kappa shape index (κ1) is 17.0. The van der Waals surface area contributed by atoms with Gasteiger partial charge in [-0.2, -0.15) is 0 Å². The number of benzene rings is 1. The maximum atomic E-state index is 11.9. The molecule has 0 radical (unpaired) electrons. The number of nitrogens with zero attached hydrogens (tertiary/aromatic N) is 1. The molecule has 1 fully saturated rings. The van der Waals surface area contributed by atoms with Gasteiger partial charge in [0.15, 0.2) is 11.5 Å². The maximum Gasteiger partial charge on any atom is 0.276 e. The van der Waals surface area contributed by atoms with Crippen LogP contribution in [-0.2, 0) is 11.2 Å². The van der Waals surface area contributed by atoms with Gasteiger partial charge in [0.25, 0.3) is 5.69 Å². The van der Waals surface area contributed by atoms with Crippen LogP contribution in [0.1, 0.15) is 18.4 Å². The van der Waals surface area contributed by atoms with Crippen LogP contribution in [0.15, 0.2) is 12.1 Å². The van der Waals surface area contributed by atoms with E-state index in [1.54, 1.807) is 6.07 Å². The summed E-state index contributed by atoms with van der Waals surface area (Å²) in [4.78, 5) is 22.7. The van der Waals surface area contributed by atoms with Gasteiger partial charge >= 0.3 is 0 Å². The number of nitro groups is 1. The number of hydrogen-bond donors (Lipinski definition) is 2. The summed E-state index contributed by atoms with van der Waals surface area (Å²) in [6.45, 7) is 1.17. The summed E-state index contributed by atoms with van der Waals surface area (Å²) in [5.74, 6) is 0.671. The molecule has 126 valence electrons. The van der Waals surface area contributed by atoms with E-state index in [1.807, 2.05) is 0 Å². The lowest BCUT2D eigenvalue weighted by Gasteiger charge is -2.13. The molecule has 1 amide bonds. The van der Waals surface area contributed by atoms with Crippen molar-refractivity contribution in [3.05, 3.63) is 27.8 Å². The minimum atomic E-state index is -0.461. The Morgan fingerprint density at radius 1 is 1.39 bits per heavy atom. The highest BCUT2D eigenvalue weighted by molar-refractivity contribution is 5.82. The topological polar surface area (TPSA) is 103 Å². The van der Waals surface area contributed by atoms with Crippen LogP contribution >= 0.6 is 0 Å². The first-order valence-corrected chi connectivity index (χ1v) is 7.47. The molecule has 2 N–H and O–H groups in total. The normalized spacial score (nSPS) is 16.9. The molecule has 1 atom stereocenters. The predicted octanol–water partition coefficient (Wildman–Crippen LogP) is 1.02. The van der Waals surface area contributed by atoms with Crippen LogP contribution in [0.3, 0.4) is 0 Å². The largest absolute Gasteiger partial charge is 0.493 e. The van der Waals surface area contributed by atoms with Crippen molar-refractivity contribution in [3.8, 4) is 11.5 Å². The first-order valence-electron chi connectivity index (χ1n) is 7.47. The second-order valence-corrected chi connectivity index (χ2v) is 5.28. The molecule has 1 aromatic carbocycles. The standard InChI is InChI=1S/C15H21N3O5/c1-22-13-8-10(12(18(20)21)9-14(13)23-2)5-7-17-15(19)11-4-3-6-16-11/h8-9,11,16H,3-7H2,1-2H3,(H,17,19). The molecule has 0 aliphatic carbocycles. The van der Waals surface area contributed by atoms with Gasteiger partial charge in [-0.25, -0.2) is 0 Å². The van der Waals surface area contributed by atoms with E-state index in [9.17, 15) is 14.9 Å². The summed E-state index contributed by atoms with van der Waals surface area (Å²) >= 11 is 0. The molecule has 8 heteroatoms. The van der Waals surface area contributed by atoms with Crippen LogP contribution in [-0.4, -0.2) is 44.2 Å². The molecular formula is C15H21N3O5. The van der Waals surface area contributed by atoms with Gasteiger partial charge in [-0.3, -0.25) is 14.9 Å². The summed E-state index contributed by atoms with van der Waals surface area (Å²) in [6.07, 6.45) is 2.15. The lowest BCUT2D eigenvalue weighted by molar-refractivity contribution is -0.385. The summed E-state index contributed by atoms with van der Waals surface area (Å²) in [7, 11) is 2.90. The third-order valence-corrected chi connectivity index (χ3v) is 3.85. The number of hydrogen-bond acceptors (Lipinski definition) is 6. The van der Waals surface area contributed by atoms with E-state index < -0.39 is 4.92 Å². The van der Waals surface area contributed by atoms with E-state index in [0.717, 1.165) is 19.4 Å². The van der Waals surface area contributed by atoms with E-state index in [4.69, 9.17) is 9.47 Å². The minimum absolute atomic E-state index is 0.0455. The number of nitro benzene ring substituents is 1. The highest BCUT2D eigenvalue weighted by atomic mass is 16.6. The van der Waals surface area contributed by atoms with Crippen molar-refractivity contribution < 1.29 is 19.2 Å². The molecule has 0 saturated carbocycles. The van der Waals surface area contributed by atoms with Crippen LogP contribution in [0.2, 0.25) is 0 Å². The number of carbonyl (C=O) groups is 1. The van der Waals surface area contributed by atoms with E-state index in [1.165, 1.54) is 20.3 Å². The smallest absolute Gasteiger partial charge is 0.276 e. The Hall–Kier alpha value is -2.35. The van der Waals surface area contributed by atoms with Gasteiger partial charge in [-0.05, 0) is 31.9 Å². The van der Waals surface area contributed by atoms with Crippen LogP contribution in [0.4, 0.5) is 5.69 Å². The Morgan fingerprint density at radius 2 is 2.09 bits per heavy atom. The van der Waals surface area contributed by atoms with Gasteiger partial charge in [0.05, 0.1) is 31.3 Å². The summed E-state index contributed by atoms with van der Waals surface area (Å²) in [6, 6.07) is 2.77. The van der Waals surface area contributed by atoms with Gasteiger partial charge in [0, 0.05) is 12.1 Å². The van der Waals surface area contributed by atoms with Gasteiger partial charge in [0.2, 0.25) is 5.91 Å². The number of methoxy groups -OCH3 is 2. The minimum Gasteiger partial charge on any atom is -0.493 e. The highest BCUT2D eigenvalue weighted by Gasteiger charge is 2.22. The van der Waals surface area contributed by atoms with E-state index >= 15 is 0 Å². The summed E-state index contributed by atoms with van der Waals surface area (Å²) in [5, 5.41) is 17.1. The Bertz CT molecular complexity index is 585. The quantitative estimate of drug-likeness (QED) is 0.574. The zero-order valence-electron chi connectivity index (χ0n) is 13.3. The van der Waals surface area contributed by atoms with Crippen molar-refractivity contribution in [2.45, 2.75) is 25.3 Å². The molecule has 2 rings (SSSR count). The Labute approximate surface area is 134 Å². The van der Waals surface area contributed by atoms with Gasteiger partial charge in [0.1, 0.15) is 0 Å². The molecule has 1 heterocycles. The average molecular weight is 323 g/mol. The van der Waals surface area contributed by atoms with Gasteiger partial charge in [-0.1, -0.05) is 0 Å². The molecule has 1 aliphatic heterocycles. The molecule has 8 nitrogen and oxygen atoms in total. The highest BCUT2D eigenvalue weighted by Crippen LogP contribution is 2.34. The lowest BCUT2D eigenvalue weighted by Crippen LogP contribution is -2.41. The predicted molar refractivity (Wildman–Crippen MR) is 83.9 cm³/mol. The molecule has 1 aromatic rings. The zero-order valence-corrected chi connectivity index (χ0v) is 13.3. The van der Waals surface area contributed by atoms with Crippen molar-refractivity contribution >= 4 is 11.6 Å². The molecular weight excluding hydrogens is 302 g/mol. The van der Waals surface area contributed by atoms with Crippen molar-refractivity contribution in [1.29, 1.82) is 0 Å². The van der Waals surface area contributed by atoms with E-state index in [-0.39, 0.29) is 17.6 Å². The van der Waals surface area contributed by atoms with Gasteiger partial charge < -0.3 is 20.1 Å². The molecule has 0 spiro atoms. The fourth-order valence-corrected chi connectivity index (χ4v) is 2.63. The zero-order chi connectivity index (χ0) is 16.8. The van der Waals surface area contributed by atoms with Crippen LogP contribution in [0.25, 0.3) is 0 Å². The van der Waals surface area contributed by atoms with Crippen molar-refractivity contribution in [3.63, 3.8) is 0 Å². The fourth-order valence-electron chi connectivity index (χ4n) is 2.63. The summed E-state index contributed by atoms with van der Waals surface area (Å²) < 4.78 is 10.3. The average Bonchev–Trinajstić information content (AvgIpc) is 3.08. The molecule has 23 heavy (non-hydrogen) atoms. The number of amides is 1. The summed E-state index contributed by atoms with van der Waals surface area (Å²) in [5.41, 5.74) is 0.447. The van der Waals surface area contributed by atoms with Crippen LogP contribution < -0.4 is 20.1 Å². The molecule has 1 saturated heterocycles. The molecule has 1 aliphatic rings. The van der Waals surface area contributed by atoms with Crippen LogP contribution in [0, 0.1) is 10.1 Å². The Morgan fingerprint density at radius 3 is 2.65 bits per heavy atom. The third-order valence-electron chi connectivity index (χ3n) is 3.85. The second kappa shape index (κ2) is 7.77. The Balaban J connectivity index is 2.05. The van der Waals surface area contributed by atoms with Crippen molar-refractivity contribution in [2.75, 3.05) is 27.3 Å². The molecule has 0 bridgehead atoms. The SMILES string of the molecule is COc1cc(CCNC(=O)C2CCCN2)c([N+](=O)[O-])cc1OC. The number of ether oxygens (including phenoxy) is 2. The molecule has 0 aromatic heterocycles. The first-order chi connectivity index (χ1) is 11.1. The fraction of sp³-hybridized carbons (Fsp3) is 0.533. The van der Waals surface area contributed by atoms with E-state index in [0.29, 0.717) is 30.0 Å². The Kier molecular flexibility index (Phi) is 5.75. The third kappa shape index (κ3) is 4.10. The number of carbonyl (C=O) groups excluding carboxylic acids is 1. The lowest BCUT2D eigenvalue weighted by atomic mass is 10.1. The number of nitrogens with one attached hydrogen (secondary N) is 2. The monoisotopic (exact) mass is 323 g/mol. The van der Waals surface area contributed by atoms with Crippen molar-refractivity contribution in [1.82, 2.24) is 10.6 Å². The molecule has 1 unspecified atom stereocenters. The maximum absolute atomic E-state index is 11.9. The van der Waals surface area contributed by atoms with E-state index in [2.05, 4.69) is 10.6 Å². The van der Waals surface area contributed by atoms with Crippen molar-refractivity contribution in [2.24, 2.45) is 0 Å². The number of rotatable bonds is 7.